The van der Waals surface area contributed by atoms with Crippen LogP contribution in [0.3, 0.4) is 0 Å². The van der Waals surface area contributed by atoms with E-state index < -0.39 is 0 Å². The van der Waals surface area contributed by atoms with Crippen molar-refractivity contribution in [2.24, 2.45) is 0 Å². The van der Waals surface area contributed by atoms with E-state index in [1.54, 1.807) is 24.3 Å². The maximum absolute atomic E-state index is 11.9. The number of hydrogen-bond acceptors (Lipinski definition) is 4. The van der Waals surface area contributed by atoms with Crippen LogP contribution in [0, 0.1) is 0 Å². The number of esters is 2. The molecule has 0 fully saturated rings. The zero-order valence-electron chi connectivity index (χ0n) is 15.7. The molecule has 0 atom stereocenters. The predicted molar refractivity (Wildman–Crippen MR) is 111 cm³/mol. The van der Waals surface area contributed by atoms with Gasteiger partial charge in [0.25, 0.3) is 0 Å². The summed E-state index contributed by atoms with van der Waals surface area (Å²) in [5.41, 5.74) is 2.98. The zero-order chi connectivity index (χ0) is 20.2. The molecule has 0 aliphatic heterocycles. The van der Waals surface area contributed by atoms with E-state index in [1.165, 1.54) is 0 Å². The Kier molecular flexibility index (Phi) is 9.87. The van der Waals surface area contributed by atoms with Crippen LogP contribution in [0.5, 0.6) is 0 Å². The van der Waals surface area contributed by atoms with Gasteiger partial charge in [0, 0.05) is 11.8 Å². The molecule has 0 saturated heterocycles. The fourth-order valence-corrected chi connectivity index (χ4v) is 2.87. The average Bonchev–Trinajstić information content (AvgIpc) is 2.75. The number of rotatable bonds is 11. The van der Waals surface area contributed by atoms with Crippen molar-refractivity contribution in [2.75, 3.05) is 13.2 Å². The van der Waals surface area contributed by atoms with Crippen LogP contribution in [-0.2, 0) is 21.2 Å². The summed E-state index contributed by atoms with van der Waals surface area (Å²) >= 11 is 11.4. The second-order valence-electron chi connectivity index (χ2n) is 6.35. The third-order valence-corrected chi connectivity index (χ3v) is 4.81. The van der Waals surface area contributed by atoms with Crippen molar-refractivity contribution < 1.29 is 19.1 Å². The molecule has 0 saturated carbocycles. The van der Waals surface area contributed by atoms with Gasteiger partial charge in [-0.3, -0.25) is 0 Å². The first-order valence-electron chi connectivity index (χ1n) is 9.28. The Balaban J connectivity index is 1.53. The van der Waals surface area contributed by atoms with Crippen LogP contribution in [0.1, 0.15) is 57.5 Å². The van der Waals surface area contributed by atoms with Gasteiger partial charge in [0.2, 0.25) is 0 Å². The lowest BCUT2D eigenvalue weighted by Crippen LogP contribution is -2.07. The number of benzene rings is 2. The topological polar surface area (TPSA) is 52.6 Å². The van der Waals surface area contributed by atoms with E-state index in [1.807, 2.05) is 24.3 Å². The number of unbranched alkanes of at least 4 members (excludes halogenated alkanes) is 3. The maximum atomic E-state index is 11.9. The Morgan fingerprint density at radius 1 is 0.607 bits per heavy atom. The van der Waals surface area contributed by atoms with Gasteiger partial charge >= 0.3 is 11.9 Å². The maximum Gasteiger partial charge on any atom is 0.338 e. The molecule has 0 aliphatic carbocycles. The summed E-state index contributed by atoms with van der Waals surface area (Å²) in [7, 11) is 0. The normalized spacial score (nSPS) is 10.5. The second-order valence-corrected chi connectivity index (χ2v) is 6.88. The van der Waals surface area contributed by atoms with Gasteiger partial charge in [0.05, 0.1) is 24.3 Å². The highest BCUT2D eigenvalue weighted by molar-refractivity contribution is 6.17. The molecule has 4 nitrogen and oxygen atoms in total. The predicted octanol–water partition coefficient (Wildman–Crippen LogP) is 5.74. The number of ether oxygens (including phenoxy) is 2. The number of hydrogen-bond donors (Lipinski definition) is 0. The monoisotopic (exact) mass is 422 g/mol. The molecule has 2 rings (SSSR count). The smallest absolute Gasteiger partial charge is 0.338 e. The summed E-state index contributed by atoms with van der Waals surface area (Å²) in [6.45, 7) is 0.756. The van der Waals surface area contributed by atoms with Crippen LogP contribution >= 0.6 is 23.2 Å². The van der Waals surface area contributed by atoms with Crippen LogP contribution in [0.4, 0.5) is 0 Å². The van der Waals surface area contributed by atoms with E-state index in [0.717, 1.165) is 36.8 Å². The van der Waals surface area contributed by atoms with Gasteiger partial charge in [-0.2, -0.15) is 0 Å². The van der Waals surface area contributed by atoms with Crippen LogP contribution in [-0.4, -0.2) is 25.2 Å². The molecule has 0 aromatic heterocycles. The molecule has 28 heavy (non-hydrogen) atoms. The van der Waals surface area contributed by atoms with Gasteiger partial charge in [-0.1, -0.05) is 24.3 Å². The molecule has 2 aromatic rings. The highest BCUT2D eigenvalue weighted by Gasteiger charge is 2.08. The number of halogens is 2. The molecule has 0 radical (unpaired) electrons. The van der Waals surface area contributed by atoms with E-state index in [2.05, 4.69) is 0 Å². The van der Waals surface area contributed by atoms with Gasteiger partial charge in [-0.15, -0.1) is 23.2 Å². The van der Waals surface area contributed by atoms with Gasteiger partial charge < -0.3 is 9.47 Å². The van der Waals surface area contributed by atoms with Crippen molar-refractivity contribution in [1.29, 1.82) is 0 Å². The van der Waals surface area contributed by atoms with E-state index in [9.17, 15) is 9.59 Å². The molecular weight excluding hydrogens is 399 g/mol. The van der Waals surface area contributed by atoms with Crippen molar-refractivity contribution in [2.45, 2.75) is 37.4 Å². The lowest BCUT2D eigenvalue weighted by molar-refractivity contribution is 0.0473. The minimum absolute atomic E-state index is 0.324. The molecule has 150 valence electrons. The molecule has 0 unspecified atom stereocenters. The minimum Gasteiger partial charge on any atom is -0.462 e. The van der Waals surface area contributed by atoms with E-state index in [0.29, 0.717) is 36.1 Å². The zero-order valence-corrected chi connectivity index (χ0v) is 17.2. The van der Waals surface area contributed by atoms with Crippen LogP contribution in [0.2, 0.25) is 0 Å². The SMILES string of the molecule is O=C(OCCCCCCOC(=O)c1ccc(CCl)cc1)c1ccc(CCl)cc1. The second kappa shape index (κ2) is 12.4. The van der Waals surface area contributed by atoms with Crippen LogP contribution in [0.15, 0.2) is 48.5 Å². The third kappa shape index (κ3) is 7.53. The Labute approximate surface area is 175 Å². The molecule has 0 amide bonds. The summed E-state index contributed by atoms with van der Waals surface area (Å²) in [4.78, 5) is 23.8. The molecule has 0 spiro atoms. The standard InChI is InChI=1S/C22H24Cl2O4/c23-15-17-5-9-19(10-6-17)21(25)27-13-3-1-2-4-14-28-22(26)20-11-7-18(16-24)8-12-20/h5-12H,1-4,13-16H2. The molecule has 0 aliphatic rings. The molecular formula is C22H24Cl2O4. The molecule has 0 heterocycles. The van der Waals surface area contributed by atoms with Gasteiger partial charge in [0.15, 0.2) is 0 Å². The van der Waals surface area contributed by atoms with Gasteiger partial charge in [-0.25, -0.2) is 9.59 Å². The quantitative estimate of drug-likeness (QED) is 0.263. The summed E-state index contributed by atoms with van der Waals surface area (Å²) in [6.07, 6.45) is 3.36. The minimum atomic E-state index is -0.324. The summed E-state index contributed by atoms with van der Waals surface area (Å²) in [5.74, 6) is 0.195. The number of alkyl halides is 2. The Hall–Kier alpha value is -2.04. The van der Waals surface area contributed by atoms with Gasteiger partial charge in [-0.05, 0) is 61.1 Å². The fourth-order valence-electron chi connectivity index (χ4n) is 2.51. The average molecular weight is 423 g/mol. The largest absolute Gasteiger partial charge is 0.462 e. The van der Waals surface area contributed by atoms with E-state index in [4.69, 9.17) is 32.7 Å². The first-order valence-corrected chi connectivity index (χ1v) is 10.3. The van der Waals surface area contributed by atoms with Crippen LogP contribution < -0.4 is 0 Å². The Bertz CT molecular complexity index is 677. The molecule has 0 bridgehead atoms. The van der Waals surface area contributed by atoms with Crippen molar-refractivity contribution in [1.82, 2.24) is 0 Å². The van der Waals surface area contributed by atoms with E-state index >= 15 is 0 Å². The first kappa shape index (κ1) is 22.3. The summed E-state index contributed by atoms with van der Waals surface area (Å²) < 4.78 is 10.5. The molecule has 2 aromatic carbocycles. The number of carbonyl (C=O) groups is 2. The summed E-state index contributed by atoms with van der Waals surface area (Å²) in [6, 6.07) is 14.1. The van der Waals surface area contributed by atoms with Crippen molar-refractivity contribution in [3.05, 3.63) is 70.8 Å². The molecule has 0 N–H and O–H groups in total. The van der Waals surface area contributed by atoms with Crippen molar-refractivity contribution in [3.63, 3.8) is 0 Å². The Morgan fingerprint density at radius 2 is 0.964 bits per heavy atom. The van der Waals surface area contributed by atoms with Crippen LogP contribution in [0.25, 0.3) is 0 Å². The lowest BCUT2D eigenvalue weighted by atomic mass is 10.1. The Morgan fingerprint density at radius 3 is 1.29 bits per heavy atom. The van der Waals surface area contributed by atoms with Crippen molar-refractivity contribution in [3.8, 4) is 0 Å². The first-order chi connectivity index (χ1) is 13.6. The fraction of sp³-hybridized carbons (Fsp3) is 0.364. The lowest BCUT2D eigenvalue weighted by Gasteiger charge is -2.07. The number of carbonyl (C=O) groups excluding carboxylic acids is 2. The highest BCUT2D eigenvalue weighted by Crippen LogP contribution is 2.10. The van der Waals surface area contributed by atoms with E-state index in [-0.39, 0.29) is 11.9 Å². The van der Waals surface area contributed by atoms with Crippen molar-refractivity contribution >= 4 is 35.1 Å². The third-order valence-electron chi connectivity index (χ3n) is 4.19. The highest BCUT2D eigenvalue weighted by atomic mass is 35.5. The molecule has 6 heteroatoms. The summed E-state index contributed by atoms with van der Waals surface area (Å²) in [5, 5.41) is 0. The van der Waals surface area contributed by atoms with Gasteiger partial charge in [0.1, 0.15) is 0 Å².